The molecule has 4 nitrogen and oxygen atoms in total. The van der Waals surface area contributed by atoms with Crippen LogP contribution in [-0.4, -0.2) is 22.7 Å². The van der Waals surface area contributed by atoms with E-state index < -0.39 is 6.09 Å². The van der Waals surface area contributed by atoms with E-state index in [-0.39, 0.29) is 0 Å². The number of rotatable bonds is 3. The molecule has 1 aromatic rings. The van der Waals surface area contributed by atoms with Crippen molar-refractivity contribution in [1.82, 2.24) is 4.98 Å². The average molecular weight is 215 g/mol. The zero-order chi connectivity index (χ0) is 10.6. The first-order chi connectivity index (χ1) is 6.65. The number of nitrogens with zero attached hydrogens (tertiary/aromatic N) is 2. The molecule has 0 atom stereocenters. The largest absolute Gasteiger partial charge is 0.465 e. The van der Waals surface area contributed by atoms with Gasteiger partial charge in [0.2, 0.25) is 0 Å². The number of aromatic nitrogens is 1. The quantitative estimate of drug-likeness (QED) is 0.842. The zero-order valence-electron chi connectivity index (χ0n) is 7.77. The van der Waals surface area contributed by atoms with Gasteiger partial charge in [0.1, 0.15) is 5.82 Å². The van der Waals surface area contributed by atoms with Crippen molar-refractivity contribution in [1.29, 1.82) is 0 Å². The van der Waals surface area contributed by atoms with Crippen LogP contribution >= 0.6 is 11.6 Å². The number of halogens is 1. The van der Waals surface area contributed by atoms with E-state index in [0.717, 1.165) is 6.42 Å². The minimum absolute atomic E-state index is 0.406. The van der Waals surface area contributed by atoms with Gasteiger partial charge in [-0.1, -0.05) is 18.5 Å². The van der Waals surface area contributed by atoms with Crippen molar-refractivity contribution in [3.05, 3.63) is 23.4 Å². The molecular weight excluding hydrogens is 204 g/mol. The fourth-order valence-corrected chi connectivity index (χ4v) is 1.17. The Hall–Kier alpha value is -1.29. The van der Waals surface area contributed by atoms with Crippen LogP contribution in [0.25, 0.3) is 0 Å². The second-order valence-electron chi connectivity index (χ2n) is 2.77. The summed E-state index contributed by atoms with van der Waals surface area (Å²) in [6, 6.07) is 3.21. The lowest BCUT2D eigenvalue weighted by molar-refractivity contribution is 0.201. The zero-order valence-corrected chi connectivity index (χ0v) is 8.53. The molecule has 0 unspecified atom stereocenters. The third-order valence-corrected chi connectivity index (χ3v) is 1.89. The number of anilines is 1. The van der Waals surface area contributed by atoms with E-state index in [2.05, 4.69) is 4.98 Å². The summed E-state index contributed by atoms with van der Waals surface area (Å²) < 4.78 is 0. The Balaban J connectivity index is 2.87. The molecule has 0 fully saturated rings. The Kier molecular flexibility index (Phi) is 3.71. The number of pyridine rings is 1. The molecule has 0 radical (unpaired) electrons. The molecule has 76 valence electrons. The smallest absolute Gasteiger partial charge is 0.413 e. The van der Waals surface area contributed by atoms with Crippen molar-refractivity contribution in [3.8, 4) is 0 Å². The molecule has 5 heteroatoms. The lowest BCUT2D eigenvalue weighted by atomic mass is 10.4. The highest BCUT2D eigenvalue weighted by atomic mass is 35.5. The minimum Gasteiger partial charge on any atom is -0.465 e. The Morgan fingerprint density at radius 2 is 2.36 bits per heavy atom. The summed E-state index contributed by atoms with van der Waals surface area (Å²) >= 11 is 5.64. The molecule has 1 N–H and O–H groups in total. The molecule has 0 aliphatic carbocycles. The molecule has 0 bridgehead atoms. The van der Waals surface area contributed by atoms with Crippen molar-refractivity contribution in [2.24, 2.45) is 0 Å². The van der Waals surface area contributed by atoms with Gasteiger partial charge in [-0.2, -0.15) is 0 Å². The van der Waals surface area contributed by atoms with Gasteiger partial charge in [0, 0.05) is 12.7 Å². The monoisotopic (exact) mass is 214 g/mol. The fraction of sp³-hybridized carbons (Fsp3) is 0.333. The van der Waals surface area contributed by atoms with Crippen LogP contribution < -0.4 is 4.90 Å². The summed E-state index contributed by atoms with van der Waals surface area (Å²) in [5, 5.41) is 9.38. The van der Waals surface area contributed by atoms with Crippen molar-refractivity contribution in [3.63, 3.8) is 0 Å². The van der Waals surface area contributed by atoms with Gasteiger partial charge in [-0.3, -0.25) is 4.90 Å². The van der Waals surface area contributed by atoms with Crippen LogP contribution in [0.1, 0.15) is 13.3 Å². The third-order valence-electron chi connectivity index (χ3n) is 1.67. The lowest BCUT2D eigenvalue weighted by Crippen LogP contribution is -2.30. The maximum atomic E-state index is 10.8. The first-order valence-electron chi connectivity index (χ1n) is 4.27. The van der Waals surface area contributed by atoms with Gasteiger partial charge >= 0.3 is 6.09 Å². The molecule has 0 saturated carbocycles. The highest BCUT2D eigenvalue weighted by Gasteiger charge is 2.13. The Morgan fingerprint density at radius 1 is 1.64 bits per heavy atom. The summed E-state index contributed by atoms with van der Waals surface area (Å²) in [4.78, 5) is 16.0. The molecule has 1 amide bonds. The Labute approximate surface area is 87.1 Å². The number of amides is 1. The molecule has 0 spiro atoms. The molecule has 1 rings (SSSR count). The van der Waals surface area contributed by atoms with Crippen molar-refractivity contribution in [2.75, 3.05) is 11.4 Å². The number of carbonyl (C=O) groups is 1. The van der Waals surface area contributed by atoms with Crippen LogP contribution in [0.2, 0.25) is 5.02 Å². The van der Waals surface area contributed by atoms with Crippen LogP contribution in [0.15, 0.2) is 18.3 Å². The number of hydrogen-bond donors (Lipinski definition) is 1. The molecule has 0 aliphatic rings. The fourth-order valence-electron chi connectivity index (χ4n) is 1.06. The molecule has 0 saturated heterocycles. The standard InChI is InChI=1S/C9H11ClN2O2/c1-2-5-12(9(13)14)8-4-3-7(10)6-11-8/h3-4,6H,2,5H2,1H3,(H,13,14). The molecule has 0 aromatic carbocycles. The summed E-state index contributed by atoms with van der Waals surface area (Å²) in [6.07, 6.45) is 1.18. The van der Waals surface area contributed by atoms with Crippen LogP contribution in [0.4, 0.5) is 10.6 Å². The van der Waals surface area contributed by atoms with Gasteiger partial charge in [0.25, 0.3) is 0 Å². The molecular formula is C9H11ClN2O2. The first kappa shape index (κ1) is 10.8. The van der Waals surface area contributed by atoms with Crippen molar-refractivity contribution < 1.29 is 9.90 Å². The van der Waals surface area contributed by atoms with E-state index in [1.165, 1.54) is 11.1 Å². The molecule has 1 aromatic heterocycles. The second kappa shape index (κ2) is 4.81. The molecule has 0 aliphatic heterocycles. The molecule has 1 heterocycles. The average Bonchev–Trinajstić information content (AvgIpc) is 2.15. The van der Waals surface area contributed by atoms with Gasteiger partial charge in [-0.25, -0.2) is 9.78 Å². The van der Waals surface area contributed by atoms with Gasteiger partial charge < -0.3 is 5.11 Å². The lowest BCUT2D eigenvalue weighted by Gasteiger charge is -2.16. The van der Waals surface area contributed by atoms with Gasteiger partial charge in [0.15, 0.2) is 0 Å². The predicted octanol–water partition coefficient (Wildman–Crippen LogP) is 2.63. The highest BCUT2D eigenvalue weighted by molar-refractivity contribution is 6.30. The Morgan fingerprint density at radius 3 is 2.79 bits per heavy atom. The van der Waals surface area contributed by atoms with E-state index in [1.54, 1.807) is 12.1 Å². The van der Waals surface area contributed by atoms with E-state index in [4.69, 9.17) is 16.7 Å². The normalized spacial score (nSPS) is 9.86. The Bertz CT molecular complexity index is 313. The van der Waals surface area contributed by atoms with Crippen LogP contribution in [0.3, 0.4) is 0 Å². The van der Waals surface area contributed by atoms with E-state index >= 15 is 0 Å². The second-order valence-corrected chi connectivity index (χ2v) is 3.21. The van der Waals surface area contributed by atoms with E-state index in [0.29, 0.717) is 17.4 Å². The first-order valence-corrected chi connectivity index (χ1v) is 4.65. The number of hydrogen-bond acceptors (Lipinski definition) is 2. The maximum absolute atomic E-state index is 10.8. The third kappa shape index (κ3) is 2.60. The minimum atomic E-state index is -0.998. The van der Waals surface area contributed by atoms with Crippen LogP contribution in [0.5, 0.6) is 0 Å². The summed E-state index contributed by atoms with van der Waals surface area (Å²) in [7, 11) is 0. The summed E-state index contributed by atoms with van der Waals surface area (Å²) in [5.41, 5.74) is 0. The van der Waals surface area contributed by atoms with E-state index in [9.17, 15) is 4.79 Å². The SMILES string of the molecule is CCCN(C(=O)O)c1ccc(Cl)cn1. The van der Waals surface area contributed by atoms with Crippen LogP contribution in [-0.2, 0) is 0 Å². The highest BCUT2D eigenvalue weighted by Crippen LogP contribution is 2.14. The number of carboxylic acid groups (broad SMARTS) is 1. The predicted molar refractivity (Wildman–Crippen MR) is 54.9 cm³/mol. The van der Waals surface area contributed by atoms with Gasteiger partial charge in [-0.15, -0.1) is 0 Å². The van der Waals surface area contributed by atoms with Gasteiger partial charge in [-0.05, 0) is 18.6 Å². The van der Waals surface area contributed by atoms with Crippen molar-refractivity contribution in [2.45, 2.75) is 13.3 Å². The molecule has 14 heavy (non-hydrogen) atoms. The summed E-state index contributed by atoms with van der Waals surface area (Å²) in [5.74, 6) is 0.406. The maximum Gasteiger partial charge on any atom is 0.413 e. The topological polar surface area (TPSA) is 53.4 Å². The van der Waals surface area contributed by atoms with Gasteiger partial charge in [0.05, 0.1) is 5.02 Å². The van der Waals surface area contributed by atoms with E-state index in [1.807, 2.05) is 6.92 Å². The van der Waals surface area contributed by atoms with Crippen LogP contribution in [0, 0.1) is 0 Å². The summed E-state index contributed by atoms with van der Waals surface area (Å²) in [6.45, 7) is 2.34. The van der Waals surface area contributed by atoms with Crippen molar-refractivity contribution >= 4 is 23.5 Å².